The zero-order valence-electron chi connectivity index (χ0n) is 10.8. The molecule has 2 rings (SSSR count). The number of aromatic nitrogens is 4. The van der Waals surface area contributed by atoms with E-state index in [1.165, 1.54) is 7.11 Å². The average Bonchev–Trinajstić information content (AvgIpc) is 2.84. The van der Waals surface area contributed by atoms with Gasteiger partial charge in [-0.1, -0.05) is 0 Å². The second-order valence-corrected chi connectivity index (χ2v) is 3.90. The van der Waals surface area contributed by atoms with E-state index in [9.17, 15) is 4.79 Å². The topological polar surface area (TPSA) is 81.9 Å². The zero-order chi connectivity index (χ0) is 13.7. The van der Waals surface area contributed by atoms with Gasteiger partial charge in [0.25, 0.3) is 0 Å². The Bertz CT molecular complexity index is 567. The molecular formula is C12H15N5O2. The molecule has 0 saturated heterocycles. The van der Waals surface area contributed by atoms with Gasteiger partial charge in [-0.15, -0.1) is 0 Å². The SMILES string of the molecule is COC(=O)c1cccnc1NCCc1ncn(C)n1. The Morgan fingerprint density at radius 1 is 1.47 bits per heavy atom. The maximum absolute atomic E-state index is 11.5. The van der Waals surface area contributed by atoms with Crippen molar-refractivity contribution >= 4 is 11.8 Å². The molecule has 0 unspecified atom stereocenters. The molecule has 0 aliphatic heterocycles. The molecule has 0 aromatic carbocycles. The number of esters is 1. The normalized spacial score (nSPS) is 10.2. The third-order valence-corrected chi connectivity index (χ3v) is 2.50. The third-order valence-electron chi connectivity index (χ3n) is 2.50. The third kappa shape index (κ3) is 3.27. The summed E-state index contributed by atoms with van der Waals surface area (Å²) < 4.78 is 6.35. The summed E-state index contributed by atoms with van der Waals surface area (Å²) in [5.74, 6) is 0.836. The van der Waals surface area contributed by atoms with Crippen molar-refractivity contribution < 1.29 is 9.53 Å². The highest BCUT2D eigenvalue weighted by atomic mass is 16.5. The van der Waals surface area contributed by atoms with Crippen molar-refractivity contribution in [1.29, 1.82) is 0 Å². The fourth-order valence-corrected chi connectivity index (χ4v) is 1.61. The monoisotopic (exact) mass is 261 g/mol. The van der Waals surface area contributed by atoms with Gasteiger partial charge in [-0.05, 0) is 12.1 Å². The van der Waals surface area contributed by atoms with Crippen LogP contribution in [0.15, 0.2) is 24.7 Å². The lowest BCUT2D eigenvalue weighted by molar-refractivity contribution is 0.0601. The summed E-state index contributed by atoms with van der Waals surface area (Å²) in [5.41, 5.74) is 0.416. The first-order chi connectivity index (χ1) is 9.20. The van der Waals surface area contributed by atoms with E-state index in [4.69, 9.17) is 4.74 Å². The Kier molecular flexibility index (Phi) is 4.07. The van der Waals surface area contributed by atoms with Crippen LogP contribution in [0.2, 0.25) is 0 Å². The first-order valence-corrected chi connectivity index (χ1v) is 5.82. The number of nitrogens with one attached hydrogen (secondary N) is 1. The van der Waals surface area contributed by atoms with E-state index in [1.807, 2.05) is 7.05 Å². The number of carbonyl (C=O) groups is 1. The Morgan fingerprint density at radius 2 is 2.32 bits per heavy atom. The molecule has 2 aromatic rings. The minimum Gasteiger partial charge on any atom is -0.465 e. The molecule has 7 heteroatoms. The van der Waals surface area contributed by atoms with E-state index in [0.717, 1.165) is 5.82 Å². The van der Waals surface area contributed by atoms with Gasteiger partial charge in [0.05, 0.1) is 7.11 Å². The van der Waals surface area contributed by atoms with Crippen LogP contribution in [0.25, 0.3) is 0 Å². The largest absolute Gasteiger partial charge is 0.465 e. The van der Waals surface area contributed by atoms with Crippen LogP contribution in [0.3, 0.4) is 0 Å². The average molecular weight is 261 g/mol. The van der Waals surface area contributed by atoms with Crippen LogP contribution in [0, 0.1) is 0 Å². The van der Waals surface area contributed by atoms with Gasteiger partial charge in [0.15, 0.2) is 5.82 Å². The molecule has 0 aliphatic carbocycles. The van der Waals surface area contributed by atoms with E-state index in [0.29, 0.717) is 24.3 Å². The molecule has 0 amide bonds. The van der Waals surface area contributed by atoms with Crippen molar-refractivity contribution in [2.75, 3.05) is 19.0 Å². The number of ether oxygens (including phenoxy) is 1. The number of rotatable bonds is 5. The summed E-state index contributed by atoms with van der Waals surface area (Å²) in [6.07, 6.45) is 3.92. The fourth-order valence-electron chi connectivity index (χ4n) is 1.61. The Morgan fingerprint density at radius 3 is 3.00 bits per heavy atom. The molecule has 0 fully saturated rings. The molecule has 0 saturated carbocycles. The summed E-state index contributed by atoms with van der Waals surface area (Å²) in [6, 6.07) is 3.36. The van der Waals surface area contributed by atoms with Crippen molar-refractivity contribution in [3.63, 3.8) is 0 Å². The second-order valence-electron chi connectivity index (χ2n) is 3.90. The molecule has 2 heterocycles. The molecule has 0 spiro atoms. The standard InChI is InChI=1S/C12H15N5O2/c1-17-8-15-10(16-17)5-7-14-11-9(12(18)19-2)4-3-6-13-11/h3-4,6,8H,5,7H2,1-2H3,(H,13,14). The maximum Gasteiger partial charge on any atom is 0.341 e. The quantitative estimate of drug-likeness (QED) is 0.796. The molecule has 0 atom stereocenters. The smallest absolute Gasteiger partial charge is 0.341 e. The van der Waals surface area contributed by atoms with Gasteiger partial charge in [-0.25, -0.2) is 14.8 Å². The highest BCUT2D eigenvalue weighted by Crippen LogP contribution is 2.12. The molecular weight excluding hydrogens is 246 g/mol. The van der Waals surface area contributed by atoms with E-state index in [-0.39, 0.29) is 0 Å². The van der Waals surface area contributed by atoms with Crippen LogP contribution in [0.5, 0.6) is 0 Å². The first kappa shape index (κ1) is 13.0. The number of hydrogen-bond acceptors (Lipinski definition) is 6. The minimum absolute atomic E-state index is 0.411. The van der Waals surface area contributed by atoms with Crippen LogP contribution in [0.4, 0.5) is 5.82 Å². The molecule has 19 heavy (non-hydrogen) atoms. The summed E-state index contributed by atoms with van der Waals surface area (Å²) in [5, 5.41) is 7.25. The molecule has 7 nitrogen and oxygen atoms in total. The van der Waals surface area contributed by atoms with E-state index in [1.54, 1.807) is 29.3 Å². The Labute approximate surface area is 110 Å². The van der Waals surface area contributed by atoms with Gasteiger partial charge in [-0.2, -0.15) is 5.10 Å². The predicted octanol–water partition coefficient (Wildman–Crippen LogP) is 0.651. The van der Waals surface area contributed by atoms with Gasteiger partial charge < -0.3 is 10.1 Å². The number of carbonyl (C=O) groups excluding carboxylic acids is 1. The van der Waals surface area contributed by atoms with Crippen LogP contribution < -0.4 is 5.32 Å². The lowest BCUT2D eigenvalue weighted by atomic mass is 10.2. The summed E-state index contributed by atoms with van der Waals surface area (Å²) in [7, 11) is 3.16. The number of pyridine rings is 1. The Balaban J connectivity index is 1.97. The van der Waals surface area contributed by atoms with E-state index in [2.05, 4.69) is 20.4 Å². The van der Waals surface area contributed by atoms with Crippen LogP contribution >= 0.6 is 0 Å². The van der Waals surface area contributed by atoms with Gasteiger partial charge in [0.1, 0.15) is 17.7 Å². The van der Waals surface area contributed by atoms with Gasteiger partial charge in [-0.3, -0.25) is 4.68 Å². The minimum atomic E-state index is -0.411. The van der Waals surface area contributed by atoms with Crippen molar-refractivity contribution in [2.45, 2.75) is 6.42 Å². The zero-order valence-corrected chi connectivity index (χ0v) is 10.8. The van der Waals surface area contributed by atoms with Crippen LogP contribution in [0.1, 0.15) is 16.2 Å². The number of nitrogens with zero attached hydrogens (tertiary/aromatic N) is 4. The van der Waals surface area contributed by atoms with Crippen LogP contribution in [-0.2, 0) is 18.2 Å². The number of hydrogen-bond donors (Lipinski definition) is 1. The highest BCUT2D eigenvalue weighted by molar-refractivity contribution is 5.94. The highest BCUT2D eigenvalue weighted by Gasteiger charge is 2.11. The lowest BCUT2D eigenvalue weighted by Crippen LogP contribution is -2.12. The van der Waals surface area contributed by atoms with E-state index < -0.39 is 5.97 Å². The first-order valence-electron chi connectivity index (χ1n) is 5.82. The van der Waals surface area contributed by atoms with Crippen molar-refractivity contribution in [2.24, 2.45) is 7.05 Å². The lowest BCUT2D eigenvalue weighted by Gasteiger charge is -2.08. The van der Waals surface area contributed by atoms with Gasteiger partial charge >= 0.3 is 5.97 Å². The Hall–Kier alpha value is -2.44. The molecule has 0 aliphatic rings. The molecule has 100 valence electrons. The second kappa shape index (κ2) is 5.94. The summed E-state index contributed by atoms with van der Waals surface area (Å²) in [4.78, 5) is 19.8. The fraction of sp³-hybridized carbons (Fsp3) is 0.333. The number of anilines is 1. The van der Waals surface area contributed by atoms with Crippen molar-refractivity contribution in [3.05, 3.63) is 36.0 Å². The molecule has 0 radical (unpaired) electrons. The number of aryl methyl sites for hydroxylation is 1. The maximum atomic E-state index is 11.5. The van der Waals surface area contributed by atoms with E-state index >= 15 is 0 Å². The van der Waals surface area contributed by atoms with Crippen LogP contribution in [-0.4, -0.2) is 39.4 Å². The van der Waals surface area contributed by atoms with Crippen molar-refractivity contribution in [1.82, 2.24) is 19.7 Å². The van der Waals surface area contributed by atoms with Crippen molar-refractivity contribution in [3.8, 4) is 0 Å². The predicted molar refractivity (Wildman–Crippen MR) is 68.8 cm³/mol. The molecule has 2 aromatic heterocycles. The van der Waals surface area contributed by atoms with Gasteiger partial charge in [0, 0.05) is 26.2 Å². The number of methoxy groups -OCH3 is 1. The molecule has 0 bridgehead atoms. The molecule has 1 N–H and O–H groups in total. The summed E-state index contributed by atoms with van der Waals surface area (Å²) >= 11 is 0. The van der Waals surface area contributed by atoms with Gasteiger partial charge in [0.2, 0.25) is 0 Å². The summed E-state index contributed by atoms with van der Waals surface area (Å²) in [6.45, 7) is 0.588.